The maximum Gasteiger partial charge on any atom is 0.243 e. The molecule has 0 unspecified atom stereocenters. The molecule has 6 nitrogen and oxygen atoms in total. The molecule has 1 amide bonds. The van der Waals surface area contributed by atoms with Crippen molar-refractivity contribution in [3.63, 3.8) is 0 Å². The highest BCUT2D eigenvalue weighted by Gasteiger charge is 2.09. The van der Waals surface area contributed by atoms with Gasteiger partial charge >= 0.3 is 0 Å². The van der Waals surface area contributed by atoms with Gasteiger partial charge in [0, 0.05) is 27.7 Å². The smallest absolute Gasteiger partial charge is 0.243 e. The van der Waals surface area contributed by atoms with E-state index in [1.165, 1.54) is 0 Å². The lowest BCUT2D eigenvalue weighted by Crippen LogP contribution is -2.42. The van der Waals surface area contributed by atoms with Crippen LogP contribution in [0.25, 0.3) is 0 Å². The highest BCUT2D eigenvalue weighted by Crippen LogP contribution is 2.15. The number of carbonyl (C=O) groups excluding carboxylic acids is 1. The van der Waals surface area contributed by atoms with Crippen molar-refractivity contribution in [1.82, 2.24) is 15.1 Å². The fraction of sp³-hybridized carbons (Fsp3) is 0.579. The van der Waals surface area contributed by atoms with E-state index in [2.05, 4.69) is 17.2 Å². The van der Waals surface area contributed by atoms with Gasteiger partial charge < -0.3 is 19.9 Å². The van der Waals surface area contributed by atoms with Gasteiger partial charge in [0.1, 0.15) is 18.9 Å². The van der Waals surface area contributed by atoms with E-state index in [4.69, 9.17) is 4.74 Å². The summed E-state index contributed by atoms with van der Waals surface area (Å²) in [5.74, 6) is 1.62. The standard InChI is InChI=1S/C19H32N4O2/c1-6-7-12-20-19(21-15-18(24)22(3)4)23(5)13-14-25-17-11-9-8-10-16(17)2/h8-11H,6-7,12-15H2,1-5H3,(H,20,21). The fourth-order valence-electron chi connectivity index (χ4n) is 2.09. The molecule has 0 heterocycles. The molecule has 0 aliphatic carbocycles. The van der Waals surface area contributed by atoms with Crippen LogP contribution in [-0.2, 0) is 4.79 Å². The molecule has 0 aliphatic heterocycles. The third kappa shape index (κ3) is 7.92. The Kier molecular flexibility index (Phi) is 9.43. The molecule has 0 fully saturated rings. The molecule has 0 aromatic heterocycles. The molecule has 0 aliphatic rings. The zero-order valence-electron chi connectivity index (χ0n) is 16.2. The number of nitrogens with zero attached hydrogens (tertiary/aromatic N) is 3. The lowest BCUT2D eigenvalue weighted by Gasteiger charge is -2.23. The van der Waals surface area contributed by atoms with Crippen molar-refractivity contribution in [3.8, 4) is 5.75 Å². The van der Waals surface area contributed by atoms with Gasteiger partial charge in [-0.2, -0.15) is 0 Å². The van der Waals surface area contributed by atoms with Gasteiger partial charge in [0.05, 0.1) is 6.54 Å². The number of nitrogens with one attached hydrogen (secondary N) is 1. The van der Waals surface area contributed by atoms with Crippen LogP contribution >= 0.6 is 0 Å². The summed E-state index contributed by atoms with van der Waals surface area (Å²) in [6.45, 7) is 6.40. The zero-order chi connectivity index (χ0) is 18.7. The van der Waals surface area contributed by atoms with E-state index < -0.39 is 0 Å². The first kappa shape index (κ1) is 20.8. The SMILES string of the molecule is CCCCNC(=NCC(=O)N(C)C)N(C)CCOc1ccccc1C. The predicted molar refractivity (Wildman–Crippen MR) is 103 cm³/mol. The minimum atomic E-state index is -0.0145. The Morgan fingerprint density at radius 1 is 1.24 bits per heavy atom. The number of amides is 1. The molecule has 1 aromatic carbocycles. The largest absolute Gasteiger partial charge is 0.491 e. The number of aliphatic imine (C=N–C) groups is 1. The Labute approximate surface area is 151 Å². The van der Waals surface area contributed by atoms with E-state index in [9.17, 15) is 4.79 Å². The van der Waals surface area contributed by atoms with Crippen molar-refractivity contribution < 1.29 is 9.53 Å². The van der Waals surface area contributed by atoms with Crippen molar-refractivity contribution in [1.29, 1.82) is 0 Å². The number of benzene rings is 1. The number of carbonyl (C=O) groups is 1. The Morgan fingerprint density at radius 2 is 1.96 bits per heavy atom. The Balaban J connectivity index is 2.58. The van der Waals surface area contributed by atoms with Crippen molar-refractivity contribution in [2.24, 2.45) is 4.99 Å². The molecule has 0 atom stereocenters. The van der Waals surface area contributed by atoms with Crippen LogP contribution < -0.4 is 10.1 Å². The number of aryl methyl sites for hydroxylation is 1. The topological polar surface area (TPSA) is 57.2 Å². The molecule has 0 bridgehead atoms. The molecule has 0 saturated heterocycles. The number of para-hydroxylation sites is 1. The van der Waals surface area contributed by atoms with Gasteiger partial charge in [-0.1, -0.05) is 31.5 Å². The summed E-state index contributed by atoms with van der Waals surface area (Å²) in [5, 5.41) is 3.32. The molecule has 1 N–H and O–H groups in total. The number of ether oxygens (including phenoxy) is 1. The van der Waals surface area contributed by atoms with Crippen LogP contribution in [0.15, 0.2) is 29.3 Å². The molecule has 6 heteroatoms. The molecule has 1 aromatic rings. The summed E-state index contributed by atoms with van der Waals surface area (Å²) in [4.78, 5) is 19.8. The van der Waals surface area contributed by atoms with Gasteiger partial charge in [-0.15, -0.1) is 0 Å². The summed E-state index contributed by atoms with van der Waals surface area (Å²) in [6.07, 6.45) is 2.17. The number of rotatable bonds is 9. The Morgan fingerprint density at radius 3 is 2.60 bits per heavy atom. The lowest BCUT2D eigenvalue weighted by atomic mass is 10.2. The van der Waals surface area contributed by atoms with Gasteiger partial charge in [-0.25, -0.2) is 4.99 Å². The molecule has 0 radical (unpaired) electrons. The molecule has 25 heavy (non-hydrogen) atoms. The third-order valence-electron chi connectivity index (χ3n) is 3.82. The van der Waals surface area contributed by atoms with Gasteiger partial charge in [0.15, 0.2) is 5.96 Å². The van der Waals surface area contributed by atoms with Crippen LogP contribution in [0.1, 0.15) is 25.3 Å². The second-order valence-corrected chi connectivity index (χ2v) is 6.24. The summed E-state index contributed by atoms with van der Waals surface area (Å²) >= 11 is 0. The normalized spacial score (nSPS) is 11.2. The van der Waals surface area contributed by atoms with Gasteiger partial charge in [-0.05, 0) is 25.0 Å². The van der Waals surface area contributed by atoms with E-state index in [0.29, 0.717) is 13.2 Å². The molecule has 0 saturated carbocycles. The minimum absolute atomic E-state index is 0.0145. The van der Waals surface area contributed by atoms with Crippen LogP contribution in [0, 0.1) is 6.92 Å². The Hall–Kier alpha value is -2.24. The van der Waals surface area contributed by atoms with Crippen LogP contribution in [-0.4, -0.2) is 69.1 Å². The number of hydrogen-bond donors (Lipinski definition) is 1. The van der Waals surface area contributed by atoms with E-state index in [-0.39, 0.29) is 12.5 Å². The zero-order valence-corrected chi connectivity index (χ0v) is 16.2. The molecule has 1 rings (SSSR count). The number of hydrogen-bond acceptors (Lipinski definition) is 3. The summed E-state index contributed by atoms with van der Waals surface area (Å²) in [7, 11) is 5.43. The molecular weight excluding hydrogens is 316 g/mol. The van der Waals surface area contributed by atoms with Crippen molar-refractivity contribution in [2.45, 2.75) is 26.7 Å². The highest BCUT2D eigenvalue weighted by atomic mass is 16.5. The lowest BCUT2D eigenvalue weighted by molar-refractivity contribution is -0.127. The fourth-order valence-corrected chi connectivity index (χ4v) is 2.09. The van der Waals surface area contributed by atoms with E-state index >= 15 is 0 Å². The van der Waals surface area contributed by atoms with E-state index in [0.717, 1.165) is 36.7 Å². The van der Waals surface area contributed by atoms with E-state index in [1.807, 2.05) is 43.1 Å². The summed E-state index contributed by atoms with van der Waals surface area (Å²) in [6, 6.07) is 7.97. The monoisotopic (exact) mass is 348 g/mol. The summed E-state index contributed by atoms with van der Waals surface area (Å²) in [5.41, 5.74) is 1.12. The first-order valence-corrected chi connectivity index (χ1v) is 8.83. The highest BCUT2D eigenvalue weighted by molar-refractivity contribution is 5.84. The average Bonchev–Trinajstić information content (AvgIpc) is 2.59. The predicted octanol–water partition coefficient (Wildman–Crippen LogP) is 2.14. The Bertz CT molecular complexity index is 558. The van der Waals surface area contributed by atoms with Crippen LogP contribution in [0.3, 0.4) is 0 Å². The van der Waals surface area contributed by atoms with Crippen LogP contribution in [0.4, 0.5) is 0 Å². The maximum atomic E-state index is 11.8. The first-order chi connectivity index (χ1) is 12.0. The summed E-state index contributed by atoms with van der Waals surface area (Å²) < 4.78 is 5.85. The molecular formula is C19H32N4O2. The number of likely N-dealkylation sites (N-methyl/N-ethyl adjacent to an activating group) is 2. The number of unbranched alkanes of at least 4 members (excludes halogenated alkanes) is 1. The van der Waals surface area contributed by atoms with Gasteiger partial charge in [0.2, 0.25) is 5.91 Å². The number of guanidine groups is 1. The second-order valence-electron chi connectivity index (χ2n) is 6.24. The first-order valence-electron chi connectivity index (χ1n) is 8.83. The third-order valence-corrected chi connectivity index (χ3v) is 3.82. The van der Waals surface area contributed by atoms with Crippen molar-refractivity contribution >= 4 is 11.9 Å². The molecule has 0 spiro atoms. The van der Waals surface area contributed by atoms with Crippen molar-refractivity contribution in [3.05, 3.63) is 29.8 Å². The average molecular weight is 348 g/mol. The van der Waals surface area contributed by atoms with Gasteiger partial charge in [-0.3, -0.25) is 4.79 Å². The van der Waals surface area contributed by atoms with Crippen LogP contribution in [0.5, 0.6) is 5.75 Å². The van der Waals surface area contributed by atoms with Crippen LogP contribution in [0.2, 0.25) is 0 Å². The minimum Gasteiger partial charge on any atom is -0.491 e. The maximum absolute atomic E-state index is 11.8. The van der Waals surface area contributed by atoms with E-state index in [1.54, 1.807) is 19.0 Å². The quantitative estimate of drug-likeness (QED) is 0.422. The van der Waals surface area contributed by atoms with Gasteiger partial charge in [0.25, 0.3) is 0 Å². The molecule has 140 valence electrons. The van der Waals surface area contributed by atoms with Crippen molar-refractivity contribution in [2.75, 3.05) is 47.4 Å². The second kappa shape index (κ2) is 11.3.